The number of phenols is 3. The van der Waals surface area contributed by atoms with E-state index in [0.29, 0.717) is 60.0 Å². The Morgan fingerprint density at radius 2 is 1.00 bits per heavy atom. The standard InChI is InChI=1S/C52H34N14O14S10/c53-25-15-28-47-51(42(25)67)87-85-49-36-26(16-29(56-28)45(49)81-47)57-37-27(58-36)17-30-46-50(37)86-88-52-44(69)35(55)40(41(59-30)48(52)82-46)65-62-19-1-3-22(4-2-19)66-89(72,73)24-11-7-21(8-12-24)61-64-39-32(90(74,75)76)14-18-13-31(84-80-78-71)38(43(68)33(18)34(39)54)63-60-20-5-9-23(10-6-20)83-79-77-70/h1-17,56-59,66-71H,53-55H2,(H,74,75,76). The number of nitrogen functional groups attached to an aromatic ring is 3. The molecule has 0 fully saturated rings. The molecule has 0 atom stereocenters. The first-order chi connectivity index (χ1) is 43.3. The highest BCUT2D eigenvalue weighted by Gasteiger charge is 2.27. The molecule has 5 heterocycles. The van der Waals surface area contributed by atoms with Crippen LogP contribution in [0.1, 0.15) is 0 Å². The number of hydrogen-bond donors (Lipinski definition) is 14. The summed E-state index contributed by atoms with van der Waals surface area (Å²) in [5.41, 5.74) is 25.5. The van der Waals surface area contributed by atoms with Crippen LogP contribution in [0.5, 0.6) is 17.2 Å². The van der Waals surface area contributed by atoms with E-state index in [0.717, 1.165) is 68.2 Å². The van der Waals surface area contributed by atoms with E-state index in [1.54, 1.807) is 29.5 Å². The van der Waals surface area contributed by atoms with E-state index in [-0.39, 0.29) is 66.2 Å². The molecule has 0 aliphatic rings. The number of nitrogens with one attached hydrogen (secondary N) is 5. The number of sulfonamides is 1. The Kier molecular flexibility index (Phi) is 15.1. The van der Waals surface area contributed by atoms with Crippen LogP contribution >= 0.6 is 88.1 Å². The lowest BCUT2D eigenvalue weighted by molar-refractivity contribution is -0.432. The molecule has 456 valence electrons. The summed E-state index contributed by atoms with van der Waals surface area (Å²) >= 11 is 4.10. The number of fused-ring (bicyclic) bond motifs is 5. The third-order valence-corrected chi connectivity index (χ3v) is 25.2. The van der Waals surface area contributed by atoms with E-state index in [1.807, 2.05) is 6.07 Å². The van der Waals surface area contributed by atoms with Crippen LogP contribution in [0.25, 0.3) is 92.5 Å². The molecule has 0 amide bonds. The number of aromatic amines is 4. The predicted octanol–water partition coefficient (Wildman–Crippen LogP) is 17.4. The number of rotatable bonds is 16. The van der Waals surface area contributed by atoms with Crippen LogP contribution in [0.2, 0.25) is 0 Å². The Morgan fingerprint density at radius 1 is 0.489 bits per heavy atom. The third-order valence-electron chi connectivity index (χ3n) is 13.8. The number of nitrogens with two attached hydrogens (primary N) is 3. The molecule has 14 rings (SSSR count). The molecule has 28 nitrogen and oxygen atoms in total. The monoisotopic (exact) mass is 1400 g/mol. The fourth-order valence-electron chi connectivity index (χ4n) is 9.68. The van der Waals surface area contributed by atoms with Crippen molar-refractivity contribution >= 4 is 258 Å². The average molecular weight is 1400 g/mol. The van der Waals surface area contributed by atoms with Crippen LogP contribution < -0.4 is 21.9 Å². The number of nitrogens with zero attached hydrogens (tertiary/aromatic N) is 6. The fourth-order valence-corrected chi connectivity index (χ4v) is 20.9. The second-order valence-corrected chi connectivity index (χ2v) is 30.1. The molecule has 90 heavy (non-hydrogen) atoms. The van der Waals surface area contributed by atoms with Gasteiger partial charge in [0.2, 0.25) is 0 Å². The minimum atomic E-state index is -5.09. The molecule has 4 bridgehead atoms. The van der Waals surface area contributed by atoms with Crippen LogP contribution in [0.15, 0.2) is 153 Å². The van der Waals surface area contributed by atoms with E-state index >= 15 is 0 Å². The molecular weight excluding hydrogens is 1370 g/mol. The van der Waals surface area contributed by atoms with Crippen molar-refractivity contribution in [3.05, 3.63) is 103 Å². The van der Waals surface area contributed by atoms with Crippen molar-refractivity contribution in [1.82, 2.24) is 19.9 Å². The molecule has 5 aromatic heterocycles. The van der Waals surface area contributed by atoms with Gasteiger partial charge in [-0.1, -0.05) is 51.4 Å². The first-order valence-corrected chi connectivity index (χ1v) is 35.5. The van der Waals surface area contributed by atoms with Gasteiger partial charge in [-0.2, -0.15) is 23.8 Å². The quantitative estimate of drug-likeness (QED) is 0.00492. The lowest BCUT2D eigenvalue weighted by Gasteiger charge is -2.14. The lowest BCUT2D eigenvalue weighted by atomic mass is 10.1. The maximum absolute atomic E-state index is 13.7. The topological polar surface area (TPSA) is 454 Å². The molecular formula is C52H34N14O14S10. The summed E-state index contributed by atoms with van der Waals surface area (Å²) in [5.74, 6) is -0.779. The fraction of sp³-hybridized carbons (Fsp3) is 0. The summed E-state index contributed by atoms with van der Waals surface area (Å²) in [7, 11) is -3.51. The summed E-state index contributed by atoms with van der Waals surface area (Å²) in [6, 6.07) is 25.1. The zero-order chi connectivity index (χ0) is 62.5. The SMILES string of the molecule is Nc1cc2[nH]c3cc4[nH]c5c(cc6[nH]c7c(N=Nc8ccc(NS(=O)(=O)c9ccc(N=Nc%10c(S(=O)(=O)O)cc%11cc(SOOO)c(N=Nc%12ccc(SOOO)cc%12)c(O)c%11c%10N)cc9)cc8)c(N)c(O)c8ssc5c6sc78)[nH]c4c4ssc(c1O)c2sc34. The molecule has 0 unspecified atom stereocenters. The first-order valence-electron chi connectivity index (χ1n) is 25.2. The van der Waals surface area contributed by atoms with E-state index in [2.05, 4.69) is 80.2 Å². The number of phenolic OH excluding ortho intramolecular Hbond substituents is 3. The van der Waals surface area contributed by atoms with Crippen LogP contribution in [0, 0.1) is 0 Å². The summed E-state index contributed by atoms with van der Waals surface area (Å²) in [6.45, 7) is 0. The molecule has 0 radical (unpaired) electrons. The molecule has 17 N–H and O–H groups in total. The number of anilines is 4. The maximum Gasteiger partial charge on any atom is 0.296 e. The molecule has 38 heteroatoms. The molecule has 0 saturated heterocycles. The number of H-pyrrole nitrogens is 4. The summed E-state index contributed by atoms with van der Waals surface area (Å²) in [5, 5.41) is 83.7. The minimum Gasteiger partial charge on any atom is -0.505 e. The lowest BCUT2D eigenvalue weighted by Crippen LogP contribution is -2.12. The van der Waals surface area contributed by atoms with Gasteiger partial charge in [0.1, 0.15) is 37.0 Å². The van der Waals surface area contributed by atoms with Crippen molar-refractivity contribution in [1.29, 1.82) is 0 Å². The average Bonchev–Trinajstić information content (AvgIpc) is 1.36. The highest BCUT2D eigenvalue weighted by atomic mass is 32.9. The number of hydrogen-bond acceptors (Lipinski definition) is 30. The second kappa shape index (κ2) is 23.1. The Labute approximate surface area is 531 Å². The highest BCUT2D eigenvalue weighted by molar-refractivity contribution is 7.95. The van der Waals surface area contributed by atoms with Gasteiger partial charge in [-0.05, 0) is 109 Å². The van der Waals surface area contributed by atoms with Gasteiger partial charge >= 0.3 is 0 Å². The Bertz CT molecular complexity index is 5700. The van der Waals surface area contributed by atoms with Crippen molar-refractivity contribution in [3.8, 4) is 17.2 Å². The van der Waals surface area contributed by atoms with Crippen molar-refractivity contribution in [2.24, 2.45) is 30.7 Å². The van der Waals surface area contributed by atoms with Gasteiger partial charge in [-0.25, -0.2) is 18.9 Å². The van der Waals surface area contributed by atoms with Crippen molar-refractivity contribution in [3.63, 3.8) is 0 Å². The Balaban J connectivity index is 0.723. The molecule has 0 spiro atoms. The minimum absolute atomic E-state index is 0.00893. The van der Waals surface area contributed by atoms with E-state index < -0.39 is 42.2 Å². The second-order valence-electron chi connectivity index (χ2n) is 19.2. The van der Waals surface area contributed by atoms with Gasteiger partial charge < -0.3 is 52.5 Å². The first kappa shape index (κ1) is 59.1. The van der Waals surface area contributed by atoms with Crippen molar-refractivity contribution < 1.29 is 66.0 Å². The smallest absolute Gasteiger partial charge is 0.296 e. The van der Waals surface area contributed by atoms with Gasteiger partial charge in [-0.3, -0.25) is 9.27 Å². The molecule has 14 aromatic rings. The zero-order valence-electron chi connectivity index (χ0n) is 44.3. The number of aromatic nitrogens is 4. The van der Waals surface area contributed by atoms with Gasteiger partial charge in [0.25, 0.3) is 20.1 Å². The predicted molar refractivity (Wildman–Crippen MR) is 354 cm³/mol. The summed E-state index contributed by atoms with van der Waals surface area (Å²) in [4.78, 5) is 13.9. The van der Waals surface area contributed by atoms with Gasteiger partial charge in [0, 0.05) is 10.6 Å². The van der Waals surface area contributed by atoms with Gasteiger partial charge in [-0.15, -0.1) is 46.7 Å². The van der Waals surface area contributed by atoms with Crippen LogP contribution in [-0.4, -0.2) is 67.2 Å². The number of aromatic hydroxyl groups is 3. The largest absolute Gasteiger partial charge is 0.505 e. The maximum atomic E-state index is 13.7. The zero-order valence-corrected chi connectivity index (χ0v) is 52.4. The molecule has 0 aliphatic carbocycles. The van der Waals surface area contributed by atoms with Crippen LogP contribution in [0.4, 0.5) is 56.9 Å². The van der Waals surface area contributed by atoms with Crippen molar-refractivity contribution in [2.75, 3.05) is 21.9 Å². The summed E-state index contributed by atoms with van der Waals surface area (Å²) < 4.78 is 81.4. The number of benzene rings is 9. The van der Waals surface area contributed by atoms with E-state index in [9.17, 15) is 36.7 Å². The number of azo groups is 3. The Hall–Kier alpha value is -8.52. The van der Waals surface area contributed by atoms with Crippen molar-refractivity contribution in [2.45, 2.75) is 19.6 Å². The summed E-state index contributed by atoms with van der Waals surface area (Å²) in [6.07, 6.45) is 0. The highest BCUT2D eigenvalue weighted by Crippen LogP contribution is 2.53. The van der Waals surface area contributed by atoms with Gasteiger partial charge in [0.05, 0.1) is 140 Å². The normalized spacial score (nSPS) is 12.7. The van der Waals surface area contributed by atoms with E-state index in [1.165, 1.54) is 119 Å². The molecule has 0 saturated carbocycles. The van der Waals surface area contributed by atoms with Crippen LogP contribution in [0.3, 0.4) is 0 Å². The third kappa shape index (κ3) is 10.5. The van der Waals surface area contributed by atoms with E-state index in [4.69, 9.17) is 27.7 Å². The molecule has 9 aromatic carbocycles. The van der Waals surface area contributed by atoms with Crippen LogP contribution in [-0.2, 0) is 38.9 Å². The van der Waals surface area contributed by atoms with Gasteiger partial charge in [0.15, 0.2) is 17.2 Å². The molecule has 0 aliphatic heterocycles. The Morgan fingerprint density at radius 3 is 1.62 bits per heavy atom.